The van der Waals surface area contributed by atoms with Crippen LogP contribution >= 0.6 is 11.6 Å². The summed E-state index contributed by atoms with van der Waals surface area (Å²) in [6.07, 6.45) is 0.703. The second-order valence-electron chi connectivity index (χ2n) is 4.15. The number of nitrogens with one attached hydrogen (secondary N) is 1. The van der Waals surface area contributed by atoms with Crippen LogP contribution in [0.25, 0.3) is 0 Å². The van der Waals surface area contributed by atoms with Crippen molar-refractivity contribution in [2.45, 2.75) is 13.0 Å². The number of aliphatic hydroxyl groups excluding tert-OH is 1. The average molecular weight is 262 g/mol. The van der Waals surface area contributed by atoms with Crippen molar-refractivity contribution < 1.29 is 5.11 Å². The van der Waals surface area contributed by atoms with Crippen molar-refractivity contribution in [1.82, 2.24) is 0 Å². The predicted molar refractivity (Wildman–Crippen MR) is 76.0 cm³/mol. The van der Waals surface area contributed by atoms with E-state index in [1.165, 1.54) is 0 Å². The summed E-state index contributed by atoms with van der Waals surface area (Å²) in [5.74, 6) is 0. The molecule has 0 saturated carbocycles. The van der Waals surface area contributed by atoms with E-state index in [4.69, 9.17) is 16.7 Å². The molecule has 3 heteroatoms. The summed E-state index contributed by atoms with van der Waals surface area (Å²) >= 11 is 5.93. The van der Waals surface area contributed by atoms with Crippen LogP contribution in [0.5, 0.6) is 0 Å². The zero-order valence-corrected chi connectivity index (χ0v) is 10.8. The molecule has 0 spiro atoms. The minimum Gasteiger partial charge on any atom is -0.396 e. The van der Waals surface area contributed by atoms with Gasteiger partial charge in [-0.2, -0.15) is 0 Å². The van der Waals surface area contributed by atoms with E-state index in [1.54, 1.807) is 0 Å². The van der Waals surface area contributed by atoms with Gasteiger partial charge in [-0.25, -0.2) is 0 Å². The van der Waals surface area contributed by atoms with Gasteiger partial charge in [-0.3, -0.25) is 0 Å². The normalized spacial score (nSPS) is 10.3. The maximum Gasteiger partial charge on any atom is 0.0471 e. The molecular weight excluding hydrogens is 246 g/mol. The molecule has 0 aromatic heterocycles. The molecule has 0 saturated heterocycles. The molecule has 2 N–H and O–H groups in total. The molecule has 2 nitrogen and oxygen atoms in total. The van der Waals surface area contributed by atoms with Crippen molar-refractivity contribution in [2.75, 3.05) is 11.9 Å². The van der Waals surface area contributed by atoms with Gasteiger partial charge in [0.2, 0.25) is 0 Å². The Morgan fingerprint density at radius 1 is 1.00 bits per heavy atom. The van der Waals surface area contributed by atoms with Crippen LogP contribution in [-0.2, 0) is 13.0 Å². The van der Waals surface area contributed by atoms with E-state index >= 15 is 0 Å². The Morgan fingerprint density at radius 3 is 2.44 bits per heavy atom. The highest BCUT2D eigenvalue weighted by molar-refractivity contribution is 6.30. The molecule has 0 radical (unpaired) electrons. The van der Waals surface area contributed by atoms with E-state index < -0.39 is 0 Å². The predicted octanol–water partition coefficient (Wildman–Crippen LogP) is 3.49. The highest BCUT2D eigenvalue weighted by atomic mass is 35.5. The fraction of sp³-hybridized carbons (Fsp3) is 0.200. The van der Waals surface area contributed by atoms with E-state index in [0.29, 0.717) is 6.42 Å². The van der Waals surface area contributed by atoms with Gasteiger partial charge in [-0.05, 0) is 41.8 Å². The van der Waals surface area contributed by atoms with Gasteiger partial charge in [-0.15, -0.1) is 0 Å². The summed E-state index contributed by atoms with van der Waals surface area (Å²) in [5.41, 5.74) is 3.37. The molecule has 0 bridgehead atoms. The minimum atomic E-state index is 0.190. The first-order chi connectivity index (χ1) is 8.78. The lowest BCUT2D eigenvalue weighted by atomic mass is 10.1. The molecule has 0 atom stereocenters. The Bertz CT molecular complexity index is 496. The Kier molecular flexibility index (Phi) is 4.62. The SMILES string of the molecule is OCCc1ccc(NCc2cccc(Cl)c2)cc1. The highest BCUT2D eigenvalue weighted by Gasteiger charge is 1.96. The first kappa shape index (κ1) is 12.9. The van der Waals surface area contributed by atoms with E-state index in [0.717, 1.165) is 28.4 Å². The fourth-order valence-electron chi connectivity index (χ4n) is 1.77. The standard InChI is InChI=1S/C15H16ClNO/c16-14-3-1-2-13(10-14)11-17-15-6-4-12(5-7-15)8-9-18/h1-7,10,17-18H,8-9,11H2. The van der Waals surface area contributed by atoms with Crippen LogP contribution in [0, 0.1) is 0 Å². The van der Waals surface area contributed by atoms with E-state index in [9.17, 15) is 0 Å². The molecule has 94 valence electrons. The number of rotatable bonds is 5. The van der Waals surface area contributed by atoms with Crippen LogP contribution in [0.1, 0.15) is 11.1 Å². The van der Waals surface area contributed by atoms with Crippen molar-refractivity contribution in [1.29, 1.82) is 0 Å². The molecule has 0 aliphatic heterocycles. The summed E-state index contributed by atoms with van der Waals surface area (Å²) in [7, 11) is 0. The second-order valence-corrected chi connectivity index (χ2v) is 4.59. The van der Waals surface area contributed by atoms with Crippen molar-refractivity contribution in [3.05, 3.63) is 64.7 Å². The number of hydrogen-bond acceptors (Lipinski definition) is 2. The summed E-state index contributed by atoms with van der Waals surface area (Å²) in [4.78, 5) is 0. The van der Waals surface area contributed by atoms with Crippen LogP contribution in [0.4, 0.5) is 5.69 Å². The maximum atomic E-state index is 8.84. The third kappa shape index (κ3) is 3.76. The lowest BCUT2D eigenvalue weighted by Gasteiger charge is -2.07. The third-order valence-corrected chi connectivity index (χ3v) is 2.98. The van der Waals surface area contributed by atoms with Crippen molar-refractivity contribution >= 4 is 17.3 Å². The molecule has 2 rings (SSSR count). The largest absolute Gasteiger partial charge is 0.396 e. The Hall–Kier alpha value is -1.51. The lowest BCUT2D eigenvalue weighted by molar-refractivity contribution is 0.299. The topological polar surface area (TPSA) is 32.3 Å². The molecule has 18 heavy (non-hydrogen) atoms. The molecule has 0 aliphatic carbocycles. The smallest absolute Gasteiger partial charge is 0.0471 e. The van der Waals surface area contributed by atoms with Gasteiger partial charge in [0.05, 0.1) is 0 Å². The van der Waals surface area contributed by atoms with E-state index in [1.807, 2.05) is 48.5 Å². The van der Waals surface area contributed by atoms with E-state index in [-0.39, 0.29) is 6.61 Å². The van der Waals surface area contributed by atoms with Gasteiger partial charge < -0.3 is 10.4 Å². The molecule has 2 aromatic rings. The minimum absolute atomic E-state index is 0.190. The second kappa shape index (κ2) is 6.43. The lowest BCUT2D eigenvalue weighted by Crippen LogP contribution is -1.99. The monoisotopic (exact) mass is 261 g/mol. The first-order valence-electron chi connectivity index (χ1n) is 5.96. The molecule has 0 aliphatic rings. The number of anilines is 1. The molecule has 0 heterocycles. The van der Waals surface area contributed by atoms with Crippen molar-refractivity contribution in [2.24, 2.45) is 0 Å². The molecule has 2 aromatic carbocycles. The van der Waals surface area contributed by atoms with Gasteiger partial charge >= 0.3 is 0 Å². The summed E-state index contributed by atoms with van der Waals surface area (Å²) in [6, 6.07) is 15.9. The Labute approximate surface area is 112 Å². The number of benzene rings is 2. The van der Waals surface area contributed by atoms with Gasteiger partial charge in [0.15, 0.2) is 0 Å². The average Bonchev–Trinajstić information content (AvgIpc) is 2.38. The van der Waals surface area contributed by atoms with E-state index in [2.05, 4.69) is 5.32 Å². The van der Waals surface area contributed by atoms with Gasteiger partial charge in [0.25, 0.3) is 0 Å². The zero-order chi connectivity index (χ0) is 12.8. The van der Waals surface area contributed by atoms with Crippen LogP contribution in [0.2, 0.25) is 5.02 Å². The van der Waals surface area contributed by atoms with Gasteiger partial charge in [0.1, 0.15) is 0 Å². The van der Waals surface area contributed by atoms with Gasteiger partial charge in [0, 0.05) is 23.9 Å². The Balaban J connectivity index is 1.93. The van der Waals surface area contributed by atoms with Crippen LogP contribution in [0.3, 0.4) is 0 Å². The highest BCUT2D eigenvalue weighted by Crippen LogP contribution is 2.14. The third-order valence-electron chi connectivity index (χ3n) is 2.74. The van der Waals surface area contributed by atoms with Crippen molar-refractivity contribution in [3.63, 3.8) is 0 Å². The zero-order valence-electron chi connectivity index (χ0n) is 10.1. The molecule has 0 unspecified atom stereocenters. The summed E-state index contributed by atoms with van der Waals surface area (Å²) in [5, 5.41) is 12.9. The fourth-order valence-corrected chi connectivity index (χ4v) is 1.98. The first-order valence-corrected chi connectivity index (χ1v) is 6.34. The summed E-state index contributed by atoms with van der Waals surface area (Å²) < 4.78 is 0. The number of hydrogen-bond donors (Lipinski definition) is 2. The molecule has 0 fully saturated rings. The summed E-state index contributed by atoms with van der Waals surface area (Å²) in [6.45, 7) is 0.940. The number of halogens is 1. The van der Waals surface area contributed by atoms with Crippen LogP contribution in [0.15, 0.2) is 48.5 Å². The quantitative estimate of drug-likeness (QED) is 0.864. The van der Waals surface area contributed by atoms with Gasteiger partial charge in [-0.1, -0.05) is 35.9 Å². The van der Waals surface area contributed by atoms with Crippen LogP contribution in [-0.4, -0.2) is 11.7 Å². The molecule has 0 amide bonds. The van der Waals surface area contributed by atoms with Crippen LogP contribution < -0.4 is 5.32 Å². The van der Waals surface area contributed by atoms with Crippen molar-refractivity contribution in [3.8, 4) is 0 Å². The maximum absolute atomic E-state index is 8.84. The number of aliphatic hydroxyl groups is 1. The Morgan fingerprint density at radius 2 is 1.78 bits per heavy atom. The molecular formula is C15H16ClNO.